The molecule has 2 aliphatic rings. The third-order valence-electron chi connectivity index (χ3n) is 6.65. The van der Waals surface area contributed by atoms with Crippen LogP contribution in [-0.4, -0.2) is 46.9 Å². The van der Waals surface area contributed by atoms with Crippen LogP contribution in [0, 0.1) is 5.41 Å². The van der Waals surface area contributed by atoms with Gasteiger partial charge in [-0.2, -0.15) is 0 Å². The second kappa shape index (κ2) is 7.63. The Morgan fingerprint density at radius 1 is 1.22 bits per heavy atom. The van der Waals surface area contributed by atoms with Crippen molar-refractivity contribution in [1.82, 2.24) is 9.55 Å². The van der Waals surface area contributed by atoms with Crippen LogP contribution in [0.3, 0.4) is 0 Å². The van der Waals surface area contributed by atoms with Crippen LogP contribution in [0.25, 0.3) is 10.9 Å². The number of aromatic carboxylic acids is 1. The van der Waals surface area contributed by atoms with E-state index in [-0.39, 0.29) is 22.6 Å². The van der Waals surface area contributed by atoms with E-state index in [0.717, 1.165) is 38.3 Å². The fraction of sp³-hybridized carbons (Fsp3) is 0.375. The van der Waals surface area contributed by atoms with Gasteiger partial charge in [0.25, 0.3) is 5.56 Å². The van der Waals surface area contributed by atoms with E-state index in [4.69, 9.17) is 9.72 Å². The number of benzene rings is 2. The predicted molar refractivity (Wildman–Crippen MR) is 123 cm³/mol. The van der Waals surface area contributed by atoms with E-state index in [0.29, 0.717) is 22.5 Å². The highest BCUT2D eigenvalue weighted by molar-refractivity contribution is 5.94. The lowest BCUT2D eigenvalue weighted by atomic mass is 9.85. The summed E-state index contributed by atoms with van der Waals surface area (Å²) >= 11 is 0. The maximum Gasteiger partial charge on any atom is 0.337 e. The van der Waals surface area contributed by atoms with E-state index in [2.05, 4.69) is 10.2 Å². The van der Waals surface area contributed by atoms with Crippen LogP contribution >= 0.6 is 0 Å². The third kappa shape index (κ3) is 3.31. The molecule has 166 valence electrons. The van der Waals surface area contributed by atoms with Gasteiger partial charge >= 0.3 is 5.97 Å². The number of anilines is 2. The Morgan fingerprint density at radius 3 is 2.69 bits per heavy atom. The second-order valence-corrected chi connectivity index (χ2v) is 8.90. The minimum absolute atomic E-state index is 0.0872. The maximum atomic E-state index is 13.2. The van der Waals surface area contributed by atoms with Crippen molar-refractivity contribution < 1.29 is 14.6 Å². The molecule has 3 aromatic rings. The number of aromatic nitrogens is 2. The molecule has 5 rings (SSSR count). The van der Waals surface area contributed by atoms with Crippen molar-refractivity contribution in [3.05, 3.63) is 63.9 Å². The Morgan fingerprint density at radius 2 is 2.00 bits per heavy atom. The van der Waals surface area contributed by atoms with Crippen molar-refractivity contribution in [2.45, 2.75) is 19.4 Å². The quantitative estimate of drug-likeness (QED) is 0.637. The molecule has 1 aromatic heterocycles. The molecule has 2 fully saturated rings. The molecule has 1 unspecified atom stereocenters. The fourth-order valence-corrected chi connectivity index (χ4v) is 4.78. The van der Waals surface area contributed by atoms with Crippen LogP contribution in [0.5, 0.6) is 0 Å². The van der Waals surface area contributed by atoms with Crippen LogP contribution in [0.4, 0.5) is 11.6 Å². The van der Waals surface area contributed by atoms with Gasteiger partial charge in [0.15, 0.2) is 0 Å². The smallest absolute Gasteiger partial charge is 0.337 e. The van der Waals surface area contributed by atoms with Gasteiger partial charge in [0.1, 0.15) is 0 Å². The summed E-state index contributed by atoms with van der Waals surface area (Å²) in [6.07, 6.45) is 1.03. The fourth-order valence-electron chi connectivity index (χ4n) is 4.78. The van der Waals surface area contributed by atoms with Gasteiger partial charge in [0.05, 0.1) is 35.7 Å². The van der Waals surface area contributed by atoms with Crippen molar-refractivity contribution >= 4 is 28.5 Å². The SMILES string of the molecule is CC(Nc1ccccc1C(=O)O)c1cccc2c(=O)n(C)c(N3CCC4(COC4)C3)nc12. The minimum Gasteiger partial charge on any atom is -0.478 e. The highest BCUT2D eigenvalue weighted by atomic mass is 16.5. The van der Waals surface area contributed by atoms with Gasteiger partial charge in [-0.3, -0.25) is 9.36 Å². The normalized spacial score (nSPS) is 18.0. The number of carbonyl (C=O) groups is 1. The van der Waals surface area contributed by atoms with Crippen LogP contribution < -0.4 is 15.8 Å². The lowest BCUT2D eigenvalue weighted by Crippen LogP contribution is -2.45. The first-order valence-electron chi connectivity index (χ1n) is 10.8. The summed E-state index contributed by atoms with van der Waals surface area (Å²) in [5, 5.41) is 13.3. The summed E-state index contributed by atoms with van der Waals surface area (Å²) in [6, 6.07) is 12.1. The van der Waals surface area contributed by atoms with Crippen molar-refractivity contribution in [2.75, 3.05) is 36.5 Å². The molecule has 0 saturated carbocycles. The first kappa shape index (κ1) is 20.5. The maximum absolute atomic E-state index is 13.2. The summed E-state index contributed by atoms with van der Waals surface area (Å²) in [4.78, 5) is 31.9. The topological polar surface area (TPSA) is 96.7 Å². The number of rotatable bonds is 5. The average molecular weight is 434 g/mol. The third-order valence-corrected chi connectivity index (χ3v) is 6.65. The molecular weight excluding hydrogens is 408 g/mol. The standard InChI is InChI=1S/C24H26N4O4/c1-15(25-19-9-4-3-6-17(19)22(30)31)16-7-5-8-18-20(16)26-23(27(2)21(18)29)28-11-10-24(12-28)13-32-14-24/h3-9,15,25H,10-14H2,1-2H3,(H,30,31). The molecule has 2 saturated heterocycles. The molecule has 0 aliphatic carbocycles. The first-order chi connectivity index (χ1) is 15.4. The molecule has 0 radical (unpaired) electrons. The minimum atomic E-state index is -0.990. The van der Waals surface area contributed by atoms with Gasteiger partial charge in [0.2, 0.25) is 5.95 Å². The zero-order valence-corrected chi connectivity index (χ0v) is 18.2. The van der Waals surface area contributed by atoms with E-state index in [1.807, 2.05) is 19.1 Å². The predicted octanol–water partition coefficient (Wildman–Crippen LogP) is 3.03. The van der Waals surface area contributed by atoms with E-state index >= 15 is 0 Å². The lowest BCUT2D eigenvalue weighted by Gasteiger charge is -2.37. The van der Waals surface area contributed by atoms with Crippen molar-refractivity contribution in [3.63, 3.8) is 0 Å². The molecule has 2 aliphatic heterocycles. The first-order valence-corrected chi connectivity index (χ1v) is 10.8. The van der Waals surface area contributed by atoms with Crippen LogP contribution in [0.15, 0.2) is 47.3 Å². The molecule has 2 aromatic carbocycles. The molecule has 0 bridgehead atoms. The van der Waals surface area contributed by atoms with Crippen molar-refractivity contribution in [1.29, 1.82) is 0 Å². The van der Waals surface area contributed by atoms with Gasteiger partial charge < -0.3 is 20.1 Å². The summed E-state index contributed by atoms with van der Waals surface area (Å²) < 4.78 is 7.06. The van der Waals surface area contributed by atoms with Crippen LogP contribution in [-0.2, 0) is 11.8 Å². The number of ether oxygens (including phenoxy) is 1. The van der Waals surface area contributed by atoms with Gasteiger partial charge in [0, 0.05) is 36.8 Å². The molecule has 1 spiro atoms. The van der Waals surface area contributed by atoms with E-state index in [1.54, 1.807) is 41.9 Å². The number of hydrogen-bond acceptors (Lipinski definition) is 6. The molecule has 32 heavy (non-hydrogen) atoms. The van der Waals surface area contributed by atoms with Gasteiger partial charge in [-0.05, 0) is 31.5 Å². The van der Waals surface area contributed by atoms with Crippen molar-refractivity contribution in [2.24, 2.45) is 12.5 Å². The van der Waals surface area contributed by atoms with Crippen LogP contribution in [0.2, 0.25) is 0 Å². The zero-order valence-electron chi connectivity index (χ0n) is 18.2. The number of carboxylic acid groups (broad SMARTS) is 1. The number of para-hydroxylation sites is 2. The average Bonchev–Trinajstić information content (AvgIpc) is 3.22. The number of fused-ring (bicyclic) bond motifs is 1. The Bertz CT molecular complexity index is 1260. The Kier molecular flexibility index (Phi) is 4.89. The van der Waals surface area contributed by atoms with Gasteiger partial charge in [-0.1, -0.05) is 24.3 Å². The Balaban J connectivity index is 1.55. The second-order valence-electron chi connectivity index (χ2n) is 8.90. The van der Waals surface area contributed by atoms with Crippen LogP contribution in [0.1, 0.15) is 35.3 Å². The highest BCUT2D eigenvalue weighted by Crippen LogP contribution is 2.39. The Hall–Kier alpha value is -3.39. The largest absolute Gasteiger partial charge is 0.478 e. The summed E-state index contributed by atoms with van der Waals surface area (Å²) in [5.74, 6) is -0.327. The summed E-state index contributed by atoms with van der Waals surface area (Å²) in [6.45, 7) is 5.15. The molecule has 8 nitrogen and oxygen atoms in total. The van der Waals surface area contributed by atoms with E-state index in [1.165, 1.54) is 0 Å². The van der Waals surface area contributed by atoms with Crippen molar-refractivity contribution in [3.8, 4) is 0 Å². The highest BCUT2D eigenvalue weighted by Gasteiger charge is 2.45. The zero-order chi connectivity index (χ0) is 22.5. The number of nitrogens with one attached hydrogen (secondary N) is 1. The molecule has 3 heterocycles. The number of hydrogen-bond donors (Lipinski definition) is 2. The Labute approximate surface area is 185 Å². The monoisotopic (exact) mass is 434 g/mol. The molecular formula is C24H26N4O4. The molecule has 8 heteroatoms. The molecule has 0 amide bonds. The summed E-state index contributed by atoms with van der Waals surface area (Å²) in [5.41, 5.74) is 2.32. The summed E-state index contributed by atoms with van der Waals surface area (Å²) in [7, 11) is 1.77. The molecule has 1 atom stereocenters. The lowest BCUT2D eigenvalue weighted by molar-refractivity contribution is -0.0985. The molecule has 2 N–H and O–H groups in total. The number of nitrogens with zero attached hydrogens (tertiary/aromatic N) is 3. The number of carboxylic acids is 1. The van der Waals surface area contributed by atoms with Gasteiger partial charge in [-0.25, -0.2) is 9.78 Å². The van der Waals surface area contributed by atoms with E-state index in [9.17, 15) is 14.7 Å². The van der Waals surface area contributed by atoms with Gasteiger partial charge in [-0.15, -0.1) is 0 Å². The van der Waals surface area contributed by atoms with E-state index < -0.39 is 5.97 Å².